The molecule has 15 heavy (non-hydrogen) atoms. The average molecular weight is 207 g/mol. The lowest BCUT2D eigenvalue weighted by atomic mass is 9.92. The van der Waals surface area contributed by atoms with Crippen molar-refractivity contribution in [2.45, 2.75) is 57.5 Å². The van der Waals surface area contributed by atoms with Gasteiger partial charge in [0, 0.05) is 17.6 Å². The predicted molar refractivity (Wildman–Crippen MR) is 61.7 cm³/mol. The summed E-state index contributed by atoms with van der Waals surface area (Å²) in [4.78, 5) is 0. The molecule has 0 aromatic carbocycles. The third-order valence-corrected chi connectivity index (χ3v) is 3.51. The lowest BCUT2D eigenvalue weighted by Gasteiger charge is -2.29. The van der Waals surface area contributed by atoms with Crippen molar-refractivity contribution < 1.29 is 4.42 Å². The van der Waals surface area contributed by atoms with Gasteiger partial charge in [0.1, 0.15) is 0 Å². The Morgan fingerprint density at radius 1 is 1.27 bits per heavy atom. The van der Waals surface area contributed by atoms with Crippen LogP contribution in [-0.2, 0) is 6.54 Å². The highest BCUT2D eigenvalue weighted by Crippen LogP contribution is 2.26. The van der Waals surface area contributed by atoms with E-state index in [1.165, 1.54) is 44.1 Å². The number of rotatable bonds is 3. The zero-order valence-corrected chi connectivity index (χ0v) is 9.59. The molecule has 1 aliphatic carbocycles. The zero-order chi connectivity index (χ0) is 10.6. The molecule has 1 heterocycles. The molecule has 0 saturated heterocycles. The summed E-state index contributed by atoms with van der Waals surface area (Å²) in [5.74, 6) is 0. The minimum Gasteiger partial charge on any atom is -0.472 e. The molecule has 0 unspecified atom stereocenters. The van der Waals surface area contributed by atoms with Gasteiger partial charge in [-0.1, -0.05) is 25.7 Å². The standard InChI is InChI=1S/C13H21NO/c1-13(7-4-2-3-5-8-13)14-10-12-6-9-15-11-12/h6,9,11,14H,2-5,7-8,10H2,1H3. The highest BCUT2D eigenvalue weighted by molar-refractivity contribution is 5.05. The smallest absolute Gasteiger partial charge is 0.0947 e. The molecule has 0 aliphatic heterocycles. The first-order chi connectivity index (χ1) is 7.29. The van der Waals surface area contributed by atoms with Crippen LogP contribution in [0.2, 0.25) is 0 Å². The van der Waals surface area contributed by atoms with Crippen molar-refractivity contribution in [2.24, 2.45) is 0 Å². The third-order valence-electron chi connectivity index (χ3n) is 3.51. The summed E-state index contributed by atoms with van der Waals surface area (Å²) in [6.45, 7) is 3.30. The first-order valence-corrected chi connectivity index (χ1v) is 6.05. The van der Waals surface area contributed by atoms with Gasteiger partial charge in [-0.05, 0) is 25.8 Å². The lowest BCUT2D eigenvalue weighted by Crippen LogP contribution is -2.41. The van der Waals surface area contributed by atoms with Gasteiger partial charge in [0.2, 0.25) is 0 Å². The van der Waals surface area contributed by atoms with Gasteiger partial charge >= 0.3 is 0 Å². The van der Waals surface area contributed by atoms with E-state index in [9.17, 15) is 0 Å². The summed E-state index contributed by atoms with van der Waals surface area (Å²) in [6.07, 6.45) is 11.7. The van der Waals surface area contributed by atoms with E-state index in [1.807, 2.05) is 12.3 Å². The van der Waals surface area contributed by atoms with Gasteiger partial charge < -0.3 is 9.73 Å². The Kier molecular flexibility index (Phi) is 3.47. The first-order valence-electron chi connectivity index (χ1n) is 6.05. The largest absolute Gasteiger partial charge is 0.472 e. The molecule has 2 rings (SSSR count). The summed E-state index contributed by atoms with van der Waals surface area (Å²) in [5, 5.41) is 3.68. The molecule has 1 aromatic heterocycles. The van der Waals surface area contributed by atoms with Crippen LogP contribution in [0, 0.1) is 0 Å². The number of hydrogen-bond donors (Lipinski definition) is 1. The Bertz CT molecular complexity index is 271. The van der Waals surface area contributed by atoms with Gasteiger partial charge in [-0.25, -0.2) is 0 Å². The minimum absolute atomic E-state index is 0.341. The number of nitrogens with one attached hydrogen (secondary N) is 1. The van der Waals surface area contributed by atoms with Crippen LogP contribution in [0.1, 0.15) is 51.0 Å². The van der Waals surface area contributed by atoms with Crippen LogP contribution in [0.4, 0.5) is 0 Å². The summed E-state index contributed by atoms with van der Waals surface area (Å²) in [5.41, 5.74) is 1.59. The van der Waals surface area contributed by atoms with Crippen LogP contribution in [-0.4, -0.2) is 5.54 Å². The van der Waals surface area contributed by atoms with Crippen LogP contribution in [0.25, 0.3) is 0 Å². The van der Waals surface area contributed by atoms with Crippen molar-refractivity contribution in [1.82, 2.24) is 5.32 Å². The van der Waals surface area contributed by atoms with E-state index >= 15 is 0 Å². The SMILES string of the molecule is CC1(NCc2ccoc2)CCCCCC1. The molecule has 1 aliphatic rings. The minimum atomic E-state index is 0.341. The van der Waals surface area contributed by atoms with E-state index in [4.69, 9.17) is 4.42 Å². The molecule has 1 fully saturated rings. The maximum absolute atomic E-state index is 5.07. The monoisotopic (exact) mass is 207 g/mol. The molecule has 1 N–H and O–H groups in total. The van der Waals surface area contributed by atoms with E-state index in [1.54, 1.807) is 6.26 Å². The molecular formula is C13H21NO. The highest BCUT2D eigenvalue weighted by atomic mass is 16.3. The third kappa shape index (κ3) is 3.10. The second-order valence-electron chi connectivity index (χ2n) is 4.96. The van der Waals surface area contributed by atoms with Gasteiger partial charge in [0.25, 0.3) is 0 Å². The summed E-state index contributed by atoms with van der Waals surface area (Å²) >= 11 is 0. The van der Waals surface area contributed by atoms with Crippen molar-refractivity contribution in [2.75, 3.05) is 0 Å². The summed E-state index contributed by atoms with van der Waals surface area (Å²) < 4.78 is 5.07. The molecule has 0 atom stereocenters. The van der Waals surface area contributed by atoms with Gasteiger partial charge in [-0.15, -0.1) is 0 Å². The second-order valence-corrected chi connectivity index (χ2v) is 4.96. The summed E-state index contributed by atoms with van der Waals surface area (Å²) in [6, 6.07) is 2.03. The van der Waals surface area contributed by atoms with Crippen molar-refractivity contribution in [3.8, 4) is 0 Å². The first kappa shape index (κ1) is 10.7. The summed E-state index contributed by atoms with van der Waals surface area (Å²) in [7, 11) is 0. The molecule has 1 saturated carbocycles. The molecule has 2 nitrogen and oxygen atoms in total. The average Bonchev–Trinajstić information content (AvgIpc) is 2.65. The van der Waals surface area contributed by atoms with Gasteiger partial charge in [0.05, 0.1) is 12.5 Å². The van der Waals surface area contributed by atoms with Gasteiger partial charge in [0.15, 0.2) is 0 Å². The molecule has 0 amide bonds. The predicted octanol–water partition coefficient (Wildman–Crippen LogP) is 3.48. The maximum atomic E-state index is 5.07. The Morgan fingerprint density at radius 3 is 2.60 bits per heavy atom. The molecule has 2 heteroatoms. The van der Waals surface area contributed by atoms with Crippen LogP contribution in [0.15, 0.2) is 23.0 Å². The zero-order valence-electron chi connectivity index (χ0n) is 9.59. The maximum Gasteiger partial charge on any atom is 0.0947 e. The van der Waals surface area contributed by atoms with E-state index in [0.29, 0.717) is 5.54 Å². The number of hydrogen-bond acceptors (Lipinski definition) is 2. The Hall–Kier alpha value is -0.760. The highest BCUT2D eigenvalue weighted by Gasteiger charge is 2.24. The fourth-order valence-electron chi connectivity index (χ4n) is 2.39. The fourth-order valence-corrected chi connectivity index (χ4v) is 2.39. The van der Waals surface area contributed by atoms with E-state index < -0.39 is 0 Å². The van der Waals surface area contributed by atoms with Crippen LogP contribution < -0.4 is 5.32 Å². The lowest BCUT2D eigenvalue weighted by molar-refractivity contribution is 0.310. The molecule has 1 aromatic rings. The van der Waals surface area contributed by atoms with Crippen molar-refractivity contribution in [3.63, 3.8) is 0 Å². The van der Waals surface area contributed by atoms with Crippen molar-refractivity contribution in [1.29, 1.82) is 0 Å². The van der Waals surface area contributed by atoms with Crippen molar-refractivity contribution in [3.05, 3.63) is 24.2 Å². The molecular weight excluding hydrogens is 186 g/mol. The Balaban J connectivity index is 1.86. The topological polar surface area (TPSA) is 25.2 Å². The second kappa shape index (κ2) is 4.84. The van der Waals surface area contributed by atoms with Crippen molar-refractivity contribution >= 4 is 0 Å². The quantitative estimate of drug-likeness (QED) is 0.768. The van der Waals surface area contributed by atoms with E-state index in [2.05, 4.69) is 12.2 Å². The molecule has 0 spiro atoms. The molecule has 84 valence electrons. The van der Waals surface area contributed by atoms with Crippen LogP contribution in [0.5, 0.6) is 0 Å². The Morgan fingerprint density at radius 2 is 2.00 bits per heavy atom. The molecule has 0 radical (unpaired) electrons. The van der Waals surface area contributed by atoms with Crippen LogP contribution in [0.3, 0.4) is 0 Å². The fraction of sp³-hybridized carbons (Fsp3) is 0.692. The van der Waals surface area contributed by atoms with Gasteiger partial charge in [-0.3, -0.25) is 0 Å². The molecule has 0 bridgehead atoms. The van der Waals surface area contributed by atoms with E-state index in [-0.39, 0.29) is 0 Å². The van der Waals surface area contributed by atoms with E-state index in [0.717, 1.165) is 6.54 Å². The van der Waals surface area contributed by atoms with Crippen LogP contribution >= 0.6 is 0 Å². The normalized spacial score (nSPS) is 21.1. The Labute approximate surface area is 92.1 Å². The van der Waals surface area contributed by atoms with Gasteiger partial charge in [-0.2, -0.15) is 0 Å². The number of furan rings is 1.